The number of rotatable bonds is 6. The van der Waals surface area contributed by atoms with Gasteiger partial charge >= 0.3 is 5.97 Å². The number of hydrogen-bond acceptors (Lipinski definition) is 5. The van der Waals surface area contributed by atoms with Crippen molar-refractivity contribution in [1.82, 2.24) is 4.98 Å². The van der Waals surface area contributed by atoms with Gasteiger partial charge in [0.05, 0.1) is 12.0 Å². The summed E-state index contributed by atoms with van der Waals surface area (Å²) in [5.74, 6) is -0.651. The number of ether oxygens (including phenoxy) is 1. The largest absolute Gasteiger partial charge is 0.465 e. The van der Waals surface area contributed by atoms with Gasteiger partial charge in [0.1, 0.15) is 5.76 Å². The molecule has 126 valence electrons. The van der Waals surface area contributed by atoms with Gasteiger partial charge in [0.2, 0.25) is 5.78 Å². The van der Waals surface area contributed by atoms with E-state index in [0.717, 1.165) is 0 Å². The summed E-state index contributed by atoms with van der Waals surface area (Å²) in [5.41, 5.74) is 1.97. The maximum Gasteiger partial charge on any atom is 0.331 e. The Morgan fingerprint density at radius 1 is 1.29 bits per heavy atom. The molecule has 2 rings (SSSR count). The number of furan rings is 1. The summed E-state index contributed by atoms with van der Waals surface area (Å²) in [6.07, 6.45) is 3.16. The number of esters is 1. The van der Waals surface area contributed by atoms with Crippen LogP contribution < -0.4 is 0 Å². The molecular formula is C18H19NO5. The predicted molar refractivity (Wildman–Crippen MR) is 87.9 cm³/mol. The van der Waals surface area contributed by atoms with Gasteiger partial charge in [-0.1, -0.05) is 0 Å². The molecule has 0 amide bonds. The highest BCUT2D eigenvalue weighted by Crippen LogP contribution is 2.20. The molecule has 0 saturated heterocycles. The molecule has 1 atom stereocenters. The van der Waals surface area contributed by atoms with E-state index in [9.17, 15) is 14.4 Å². The van der Waals surface area contributed by atoms with Gasteiger partial charge in [0.25, 0.3) is 0 Å². The average Bonchev–Trinajstić information content (AvgIpc) is 3.12. The molecular weight excluding hydrogens is 310 g/mol. The molecule has 0 radical (unpaired) electrons. The van der Waals surface area contributed by atoms with Crippen LogP contribution in [-0.4, -0.2) is 28.6 Å². The van der Waals surface area contributed by atoms with E-state index < -0.39 is 12.1 Å². The summed E-state index contributed by atoms with van der Waals surface area (Å²) in [4.78, 5) is 38.8. The first-order valence-corrected chi connectivity index (χ1v) is 7.47. The van der Waals surface area contributed by atoms with Crippen LogP contribution in [0.2, 0.25) is 0 Å². The smallest absolute Gasteiger partial charge is 0.331 e. The van der Waals surface area contributed by atoms with Gasteiger partial charge in [-0.05, 0) is 51.5 Å². The first-order valence-electron chi connectivity index (χ1n) is 7.47. The van der Waals surface area contributed by atoms with E-state index in [-0.39, 0.29) is 17.3 Å². The predicted octanol–water partition coefficient (Wildman–Crippen LogP) is 3.25. The zero-order chi connectivity index (χ0) is 17.9. The lowest BCUT2D eigenvalue weighted by Gasteiger charge is -2.10. The molecule has 6 heteroatoms. The summed E-state index contributed by atoms with van der Waals surface area (Å²) in [7, 11) is 0. The Morgan fingerprint density at radius 3 is 2.54 bits per heavy atom. The molecule has 2 heterocycles. The molecule has 2 aromatic rings. The number of aromatic nitrogens is 1. The summed E-state index contributed by atoms with van der Waals surface area (Å²) < 4.78 is 10.2. The lowest BCUT2D eigenvalue weighted by atomic mass is 10.0. The number of H-pyrrole nitrogens is 1. The fourth-order valence-corrected chi connectivity index (χ4v) is 2.53. The lowest BCUT2D eigenvalue weighted by molar-refractivity contribution is -0.140. The Labute approximate surface area is 139 Å². The first-order chi connectivity index (χ1) is 11.3. The number of carbonyl (C=O) groups is 3. The number of carbonyl (C=O) groups excluding carboxylic acids is 3. The summed E-state index contributed by atoms with van der Waals surface area (Å²) >= 11 is 0. The van der Waals surface area contributed by atoms with Crippen molar-refractivity contribution < 1.29 is 23.5 Å². The van der Waals surface area contributed by atoms with Crippen LogP contribution in [0.25, 0.3) is 6.08 Å². The SMILES string of the molecule is CC(=O)c1c(C)[nH]c(C(=O)[C@H](C)OC(=O)/C=C/c2ccco2)c1C. The minimum atomic E-state index is -0.977. The van der Waals surface area contributed by atoms with Crippen molar-refractivity contribution in [2.75, 3.05) is 0 Å². The second kappa shape index (κ2) is 7.12. The number of hydrogen-bond donors (Lipinski definition) is 1. The second-order valence-electron chi connectivity index (χ2n) is 5.47. The van der Waals surface area contributed by atoms with Crippen LogP contribution in [0.3, 0.4) is 0 Å². The zero-order valence-electron chi connectivity index (χ0n) is 14.0. The van der Waals surface area contributed by atoms with E-state index in [1.165, 1.54) is 32.3 Å². The lowest BCUT2D eigenvalue weighted by Crippen LogP contribution is -2.24. The Hall–Kier alpha value is -2.89. The highest BCUT2D eigenvalue weighted by atomic mass is 16.5. The van der Waals surface area contributed by atoms with Crippen molar-refractivity contribution >= 4 is 23.6 Å². The highest BCUT2D eigenvalue weighted by Gasteiger charge is 2.25. The van der Waals surface area contributed by atoms with E-state index >= 15 is 0 Å². The standard InChI is InChI=1S/C18H19NO5/c1-10-16(12(3)20)11(2)19-17(10)18(22)13(4)24-15(21)8-7-14-6-5-9-23-14/h5-9,13,19H,1-4H3/b8-7+/t13-/m0/s1. The number of aromatic amines is 1. The number of Topliss-reactive ketones (excluding diaryl/α,β-unsaturated/α-hetero) is 2. The third-order valence-electron chi connectivity index (χ3n) is 3.62. The minimum absolute atomic E-state index is 0.119. The van der Waals surface area contributed by atoms with E-state index in [1.54, 1.807) is 26.0 Å². The fraction of sp³-hybridized carbons (Fsp3) is 0.278. The van der Waals surface area contributed by atoms with Crippen molar-refractivity contribution in [2.24, 2.45) is 0 Å². The molecule has 0 aromatic carbocycles. The van der Waals surface area contributed by atoms with Gasteiger partial charge in [-0.25, -0.2) is 4.79 Å². The second-order valence-corrected chi connectivity index (χ2v) is 5.47. The van der Waals surface area contributed by atoms with Gasteiger partial charge in [0, 0.05) is 17.3 Å². The van der Waals surface area contributed by atoms with Crippen molar-refractivity contribution in [3.63, 3.8) is 0 Å². The van der Waals surface area contributed by atoms with Gasteiger partial charge in [0.15, 0.2) is 11.9 Å². The van der Waals surface area contributed by atoms with Crippen LogP contribution in [0.1, 0.15) is 51.7 Å². The Bertz CT molecular complexity index is 796. The Balaban J connectivity index is 2.08. The average molecular weight is 329 g/mol. The highest BCUT2D eigenvalue weighted by molar-refractivity contribution is 6.05. The number of nitrogens with one attached hydrogen (secondary N) is 1. The summed E-state index contributed by atoms with van der Waals surface area (Å²) in [6.45, 7) is 6.35. The molecule has 0 aliphatic carbocycles. The van der Waals surface area contributed by atoms with E-state index in [0.29, 0.717) is 22.6 Å². The molecule has 0 bridgehead atoms. The monoisotopic (exact) mass is 329 g/mol. The molecule has 0 spiro atoms. The van der Waals surface area contributed by atoms with Crippen molar-refractivity contribution in [2.45, 2.75) is 33.8 Å². The van der Waals surface area contributed by atoms with Gasteiger partial charge < -0.3 is 14.1 Å². The van der Waals surface area contributed by atoms with Crippen LogP contribution in [0.15, 0.2) is 28.9 Å². The summed E-state index contributed by atoms with van der Waals surface area (Å²) in [6, 6.07) is 3.38. The maximum atomic E-state index is 12.5. The van der Waals surface area contributed by atoms with Crippen molar-refractivity contribution in [3.05, 3.63) is 52.7 Å². The van der Waals surface area contributed by atoms with Crippen LogP contribution >= 0.6 is 0 Å². The fourth-order valence-electron chi connectivity index (χ4n) is 2.53. The summed E-state index contributed by atoms with van der Waals surface area (Å²) in [5, 5.41) is 0. The van der Waals surface area contributed by atoms with Gasteiger partial charge in [-0.3, -0.25) is 9.59 Å². The molecule has 2 aromatic heterocycles. The molecule has 0 aliphatic heterocycles. The molecule has 1 N–H and O–H groups in total. The van der Waals surface area contributed by atoms with E-state index in [4.69, 9.17) is 9.15 Å². The Morgan fingerprint density at radius 2 is 2.00 bits per heavy atom. The molecule has 0 unspecified atom stereocenters. The van der Waals surface area contributed by atoms with Gasteiger partial charge in [-0.2, -0.15) is 0 Å². The van der Waals surface area contributed by atoms with Crippen LogP contribution in [0.5, 0.6) is 0 Å². The number of aryl methyl sites for hydroxylation is 1. The van der Waals surface area contributed by atoms with Crippen LogP contribution in [0, 0.1) is 13.8 Å². The maximum absolute atomic E-state index is 12.5. The molecule has 0 saturated carbocycles. The molecule has 6 nitrogen and oxygen atoms in total. The molecule has 24 heavy (non-hydrogen) atoms. The number of ketones is 2. The molecule has 0 aliphatic rings. The third-order valence-corrected chi connectivity index (χ3v) is 3.62. The zero-order valence-corrected chi connectivity index (χ0v) is 14.0. The van der Waals surface area contributed by atoms with E-state index in [2.05, 4.69) is 4.98 Å². The normalized spacial score (nSPS) is 12.3. The van der Waals surface area contributed by atoms with Gasteiger partial charge in [-0.15, -0.1) is 0 Å². The third kappa shape index (κ3) is 3.71. The molecule has 0 fully saturated rings. The van der Waals surface area contributed by atoms with Crippen molar-refractivity contribution in [3.8, 4) is 0 Å². The quantitative estimate of drug-likeness (QED) is 0.499. The van der Waals surface area contributed by atoms with E-state index in [1.807, 2.05) is 0 Å². The van der Waals surface area contributed by atoms with Crippen LogP contribution in [-0.2, 0) is 9.53 Å². The minimum Gasteiger partial charge on any atom is -0.465 e. The first kappa shape index (κ1) is 17.5. The topological polar surface area (TPSA) is 89.4 Å². The van der Waals surface area contributed by atoms with Crippen molar-refractivity contribution in [1.29, 1.82) is 0 Å². The van der Waals surface area contributed by atoms with Crippen LogP contribution in [0.4, 0.5) is 0 Å². The Kier molecular flexibility index (Phi) is 5.18.